The van der Waals surface area contributed by atoms with E-state index < -0.39 is 11.8 Å². The van der Waals surface area contributed by atoms with E-state index in [1.807, 2.05) is 0 Å². The molecule has 0 spiro atoms. The van der Waals surface area contributed by atoms with Gasteiger partial charge in [-0.05, 0) is 30.7 Å². The van der Waals surface area contributed by atoms with Crippen molar-refractivity contribution in [1.82, 2.24) is 5.06 Å². The monoisotopic (exact) mass is 223 g/mol. The van der Waals surface area contributed by atoms with Crippen molar-refractivity contribution < 1.29 is 18.8 Å². The van der Waals surface area contributed by atoms with Crippen LogP contribution in [0.2, 0.25) is 0 Å². The number of carbonyl (C=O) groups excluding carboxylic acids is 2. The van der Waals surface area contributed by atoms with Gasteiger partial charge in [0.05, 0.1) is 12.1 Å². The minimum absolute atomic E-state index is 0.199. The molecule has 1 aliphatic rings. The van der Waals surface area contributed by atoms with Crippen LogP contribution in [0.4, 0.5) is 4.39 Å². The number of nitrogens with zero attached hydrogens (tertiary/aromatic N) is 1. The predicted octanol–water partition coefficient (Wildman–Crippen LogP) is 1.52. The van der Waals surface area contributed by atoms with Gasteiger partial charge in [-0.2, -0.15) is 5.06 Å². The topological polar surface area (TPSA) is 46.6 Å². The second-order valence-electron chi connectivity index (χ2n) is 3.49. The van der Waals surface area contributed by atoms with Crippen molar-refractivity contribution in [2.24, 2.45) is 0 Å². The van der Waals surface area contributed by atoms with Crippen molar-refractivity contribution >= 4 is 11.9 Å². The van der Waals surface area contributed by atoms with Crippen molar-refractivity contribution in [3.8, 4) is 0 Å². The van der Waals surface area contributed by atoms with E-state index in [-0.39, 0.29) is 11.5 Å². The molecule has 5 heteroatoms. The summed E-state index contributed by atoms with van der Waals surface area (Å²) in [5, 5.41) is 1.05. The van der Waals surface area contributed by atoms with Gasteiger partial charge in [0.1, 0.15) is 5.82 Å². The van der Waals surface area contributed by atoms with Gasteiger partial charge in [0.15, 0.2) is 0 Å². The highest BCUT2D eigenvalue weighted by atomic mass is 19.1. The molecule has 0 N–H and O–H groups in total. The van der Waals surface area contributed by atoms with Crippen LogP contribution in [0.5, 0.6) is 0 Å². The summed E-state index contributed by atoms with van der Waals surface area (Å²) in [4.78, 5) is 27.6. The summed E-state index contributed by atoms with van der Waals surface area (Å²) < 4.78 is 12.6. The maximum atomic E-state index is 12.6. The summed E-state index contributed by atoms with van der Waals surface area (Å²) in [5.74, 6) is -1.26. The van der Waals surface area contributed by atoms with Crippen LogP contribution < -0.4 is 0 Å². The summed E-state index contributed by atoms with van der Waals surface area (Å²) >= 11 is 0. The van der Waals surface area contributed by atoms with Crippen LogP contribution >= 0.6 is 0 Å². The Labute approximate surface area is 91.6 Å². The number of halogens is 1. The number of amides is 1. The maximum Gasteiger partial charge on any atom is 0.363 e. The highest BCUT2D eigenvalue weighted by Gasteiger charge is 2.24. The molecule has 0 unspecified atom stereocenters. The van der Waals surface area contributed by atoms with Crippen LogP contribution in [0, 0.1) is 5.82 Å². The molecular formula is C11H10FNO3. The summed E-state index contributed by atoms with van der Waals surface area (Å²) in [5.41, 5.74) is 0.223. The lowest BCUT2D eigenvalue weighted by Crippen LogP contribution is -2.28. The molecule has 0 atom stereocenters. The third-order valence-corrected chi connectivity index (χ3v) is 2.30. The smallest absolute Gasteiger partial charge is 0.333 e. The van der Waals surface area contributed by atoms with Gasteiger partial charge in [-0.25, -0.2) is 9.18 Å². The minimum atomic E-state index is -0.643. The van der Waals surface area contributed by atoms with E-state index in [4.69, 9.17) is 4.84 Å². The Morgan fingerprint density at radius 1 is 1.31 bits per heavy atom. The predicted molar refractivity (Wildman–Crippen MR) is 52.8 cm³/mol. The normalized spacial score (nSPS) is 15.3. The third kappa shape index (κ3) is 2.18. The molecule has 84 valence electrons. The zero-order valence-corrected chi connectivity index (χ0v) is 8.48. The quantitative estimate of drug-likeness (QED) is 0.763. The van der Waals surface area contributed by atoms with Crippen molar-refractivity contribution in [2.45, 2.75) is 12.8 Å². The van der Waals surface area contributed by atoms with Crippen molar-refractivity contribution in [1.29, 1.82) is 0 Å². The molecular weight excluding hydrogens is 213 g/mol. The van der Waals surface area contributed by atoms with Gasteiger partial charge in [0.25, 0.3) is 5.91 Å². The van der Waals surface area contributed by atoms with Gasteiger partial charge in [-0.15, -0.1) is 0 Å². The fourth-order valence-corrected chi connectivity index (χ4v) is 1.46. The molecule has 0 bridgehead atoms. The molecule has 1 amide bonds. The molecule has 1 aromatic rings. The Morgan fingerprint density at radius 2 is 2.00 bits per heavy atom. The average molecular weight is 223 g/mol. The summed E-state index contributed by atoms with van der Waals surface area (Å²) in [6.45, 7) is 0.422. The molecule has 1 fully saturated rings. The second-order valence-corrected chi connectivity index (χ2v) is 3.49. The Bertz CT molecular complexity index is 416. The first-order valence-electron chi connectivity index (χ1n) is 4.95. The lowest BCUT2D eigenvalue weighted by Gasteiger charge is -2.14. The van der Waals surface area contributed by atoms with Crippen LogP contribution in [0.1, 0.15) is 23.2 Å². The van der Waals surface area contributed by atoms with E-state index >= 15 is 0 Å². The molecule has 0 saturated carbocycles. The van der Waals surface area contributed by atoms with Gasteiger partial charge in [-0.1, -0.05) is 0 Å². The first kappa shape index (κ1) is 10.6. The molecule has 16 heavy (non-hydrogen) atoms. The number of hydroxylamine groups is 2. The molecule has 2 rings (SSSR count). The Kier molecular flexibility index (Phi) is 2.85. The van der Waals surface area contributed by atoms with Crippen molar-refractivity contribution in [3.63, 3.8) is 0 Å². The molecule has 0 radical (unpaired) electrons. The average Bonchev–Trinajstić information content (AvgIpc) is 2.65. The van der Waals surface area contributed by atoms with E-state index in [1.54, 1.807) is 0 Å². The van der Waals surface area contributed by atoms with E-state index in [2.05, 4.69) is 0 Å². The fraction of sp³-hybridized carbons (Fsp3) is 0.273. The molecule has 1 aliphatic heterocycles. The van der Waals surface area contributed by atoms with Crippen LogP contribution in [0.3, 0.4) is 0 Å². The number of benzene rings is 1. The highest BCUT2D eigenvalue weighted by Crippen LogP contribution is 2.12. The molecule has 0 aliphatic carbocycles. The SMILES string of the molecule is O=C(ON1CCCC1=O)c1ccc(F)cc1. The first-order valence-corrected chi connectivity index (χ1v) is 4.95. The lowest BCUT2D eigenvalue weighted by molar-refractivity contribution is -0.159. The molecule has 4 nitrogen and oxygen atoms in total. The number of hydrogen-bond donors (Lipinski definition) is 0. The minimum Gasteiger partial charge on any atom is -0.333 e. The van der Waals surface area contributed by atoms with Crippen molar-refractivity contribution in [3.05, 3.63) is 35.6 Å². The van der Waals surface area contributed by atoms with Gasteiger partial charge in [-0.3, -0.25) is 4.79 Å². The largest absolute Gasteiger partial charge is 0.363 e. The van der Waals surface area contributed by atoms with E-state index in [9.17, 15) is 14.0 Å². The third-order valence-electron chi connectivity index (χ3n) is 2.30. The maximum absolute atomic E-state index is 12.6. The zero-order valence-electron chi connectivity index (χ0n) is 8.48. The van der Waals surface area contributed by atoms with Crippen molar-refractivity contribution in [2.75, 3.05) is 6.54 Å². The summed E-state index contributed by atoms with van der Waals surface area (Å²) in [6, 6.07) is 4.97. The Morgan fingerprint density at radius 3 is 2.56 bits per heavy atom. The van der Waals surface area contributed by atoms with E-state index in [0.29, 0.717) is 19.4 Å². The Hall–Kier alpha value is -1.91. The van der Waals surface area contributed by atoms with Gasteiger partial charge < -0.3 is 4.84 Å². The first-order chi connectivity index (χ1) is 7.66. The number of rotatable bonds is 2. The molecule has 0 aromatic heterocycles. The van der Waals surface area contributed by atoms with E-state index in [0.717, 1.165) is 5.06 Å². The summed E-state index contributed by atoms with van der Waals surface area (Å²) in [7, 11) is 0. The molecule has 1 heterocycles. The number of hydrogen-bond acceptors (Lipinski definition) is 3. The second kappa shape index (κ2) is 4.30. The van der Waals surface area contributed by atoms with Gasteiger partial charge in [0, 0.05) is 6.42 Å². The fourth-order valence-electron chi connectivity index (χ4n) is 1.46. The van der Waals surface area contributed by atoms with Crippen LogP contribution in [-0.4, -0.2) is 23.5 Å². The van der Waals surface area contributed by atoms with E-state index in [1.165, 1.54) is 24.3 Å². The highest BCUT2D eigenvalue weighted by molar-refractivity contribution is 5.90. The van der Waals surface area contributed by atoms with Gasteiger partial charge >= 0.3 is 5.97 Å². The lowest BCUT2D eigenvalue weighted by atomic mass is 10.2. The molecule has 1 saturated heterocycles. The molecule has 1 aromatic carbocycles. The zero-order chi connectivity index (χ0) is 11.5. The summed E-state index contributed by atoms with van der Waals surface area (Å²) in [6.07, 6.45) is 1.09. The van der Waals surface area contributed by atoms with Crippen LogP contribution in [0.25, 0.3) is 0 Å². The van der Waals surface area contributed by atoms with Crippen LogP contribution in [-0.2, 0) is 9.63 Å². The number of carbonyl (C=O) groups is 2. The Balaban J connectivity index is 2.02. The van der Waals surface area contributed by atoms with Gasteiger partial charge in [0.2, 0.25) is 0 Å². The standard InChI is InChI=1S/C11H10FNO3/c12-9-5-3-8(4-6-9)11(15)16-13-7-1-2-10(13)14/h3-6H,1-2,7H2. The van der Waals surface area contributed by atoms with Crippen LogP contribution in [0.15, 0.2) is 24.3 Å².